The Balaban J connectivity index is 1.96. The first-order valence-electron chi connectivity index (χ1n) is 8.36. The van der Waals surface area contributed by atoms with Gasteiger partial charge in [0.25, 0.3) is 0 Å². The highest BCUT2D eigenvalue weighted by Crippen LogP contribution is 2.39. The second-order valence-electron chi connectivity index (χ2n) is 6.17. The van der Waals surface area contributed by atoms with E-state index < -0.39 is 5.97 Å². The quantitative estimate of drug-likeness (QED) is 0.867. The number of furan rings is 1. The smallest absolute Gasteiger partial charge is 0.306 e. The van der Waals surface area contributed by atoms with Gasteiger partial charge in [0.1, 0.15) is 17.3 Å². The first-order chi connectivity index (χ1) is 12.1. The molecule has 2 heterocycles. The van der Waals surface area contributed by atoms with Gasteiger partial charge in [-0.1, -0.05) is 0 Å². The molecular formula is C19H23NO5. The molecular weight excluding hydrogens is 322 g/mol. The highest BCUT2D eigenvalue weighted by atomic mass is 16.5. The average Bonchev–Trinajstić information content (AvgIpc) is 3.16. The second-order valence-corrected chi connectivity index (χ2v) is 6.17. The largest absolute Gasteiger partial charge is 0.497 e. The SMILES string of the molecule is COc1ccc(OC)c(C(c2ccco2)N2CCC(C(=O)O)CC2)c1. The molecule has 1 fully saturated rings. The van der Waals surface area contributed by atoms with Crippen molar-refractivity contribution in [3.63, 3.8) is 0 Å². The van der Waals surface area contributed by atoms with Gasteiger partial charge in [0, 0.05) is 18.7 Å². The van der Waals surface area contributed by atoms with Gasteiger partial charge >= 0.3 is 5.97 Å². The minimum atomic E-state index is -0.715. The van der Waals surface area contributed by atoms with Gasteiger partial charge in [-0.2, -0.15) is 0 Å². The summed E-state index contributed by atoms with van der Waals surface area (Å²) in [5.74, 6) is 1.31. The third-order valence-electron chi connectivity index (χ3n) is 4.79. The van der Waals surface area contributed by atoms with E-state index in [-0.39, 0.29) is 12.0 Å². The fourth-order valence-electron chi connectivity index (χ4n) is 3.43. The van der Waals surface area contributed by atoms with E-state index >= 15 is 0 Å². The Labute approximate surface area is 147 Å². The van der Waals surface area contributed by atoms with E-state index in [9.17, 15) is 9.90 Å². The Bertz CT molecular complexity index is 705. The molecule has 2 aromatic rings. The first-order valence-corrected chi connectivity index (χ1v) is 8.36. The van der Waals surface area contributed by atoms with Gasteiger partial charge in [0.15, 0.2) is 0 Å². The molecule has 134 valence electrons. The van der Waals surface area contributed by atoms with Crippen LogP contribution in [0.15, 0.2) is 41.0 Å². The Morgan fingerprint density at radius 1 is 1.24 bits per heavy atom. The maximum Gasteiger partial charge on any atom is 0.306 e. The molecule has 0 saturated carbocycles. The van der Waals surface area contributed by atoms with E-state index in [0.717, 1.165) is 22.8 Å². The summed E-state index contributed by atoms with van der Waals surface area (Å²) in [6.45, 7) is 1.37. The van der Waals surface area contributed by atoms with Crippen molar-refractivity contribution < 1.29 is 23.8 Å². The van der Waals surface area contributed by atoms with Crippen LogP contribution in [0.25, 0.3) is 0 Å². The van der Waals surface area contributed by atoms with Crippen molar-refractivity contribution in [2.24, 2.45) is 5.92 Å². The van der Waals surface area contributed by atoms with E-state index in [1.807, 2.05) is 30.3 Å². The molecule has 0 radical (unpaired) electrons. The lowest BCUT2D eigenvalue weighted by Gasteiger charge is -2.36. The zero-order chi connectivity index (χ0) is 17.8. The predicted octanol–water partition coefficient (Wildman–Crippen LogP) is 3.18. The van der Waals surface area contributed by atoms with Gasteiger partial charge in [0.05, 0.1) is 32.4 Å². The molecule has 1 aromatic heterocycles. The lowest BCUT2D eigenvalue weighted by molar-refractivity contribution is -0.143. The van der Waals surface area contributed by atoms with Gasteiger partial charge in [-0.3, -0.25) is 9.69 Å². The number of hydrogen-bond acceptors (Lipinski definition) is 5. The normalized spacial score (nSPS) is 17.2. The maximum atomic E-state index is 11.2. The number of carboxylic acids is 1. The molecule has 1 N–H and O–H groups in total. The minimum absolute atomic E-state index is 0.144. The summed E-state index contributed by atoms with van der Waals surface area (Å²) in [5, 5.41) is 9.24. The van der Waals surface area contributed by atoms with Crippen LogP contribution < -0.4 is 9.47 Å². The third kappa shape index (κ3) is 3.64. The standard InChI is InChI=1S/C19H23NO5/c1-23-14-5-6-16(24-2)15(12-14)18(17-4-3-11-25-17)20-9-7-13(8-10-20)19(21)22/h3-6,11-13,18H,7-10H2,1-2H3,(H,21,22). The van der Waals surface area contributed by atoms with Crippen LogP contribution in [0.3, 0.4) is 0 Å². The molecule has 0 spiro atoms. The van der Waals surface area contributed by atoms with Crippen LogP contribution in [0.2, 0.25) is 0 Å². The number of benzene rings is 1. The molecule has 3 rings (SSSR count). The van der Waals surface area contributed by atoms with Gasteiger partial charge in [0.2, 0.25) is 0 Å². The van der Waals surface area contributed by atoms with Crippen LogP contribution in [0.1, 0.15) is 30.2 Å². The zero-order valence-electron chi connectivity index (χ0n) is 14.5. The lowest BCUT2D eigenvalue weighted by atomic mass is 9.93. The fraction of sp³-hybridized carbons (Fsp3) is 0.421. The average molecular weight is 345 g/mol. The van der Waals surface area contributed by atoms with Crippen LogP contribution in [-0.4, -0.2) is 43.3 Å². The van der Waals surface area contributed by atoms with Crippen molar-refractivity contribution in [1.82, 2.24) is 4.90 Å². The van der Waals surface area contributed by atoms with Crippen LogP contribution in [-0.2, 0) is 4.79 Å². The van der Waals surface area contributed by atoms with Crippen molar-refractivity contribution in [2.45, 2.75) is 18.9 Å². The van der Waals surface area contributed by atoms with E-state index in [4.69, 9.17) is 13.9 Å². The minimum Gasteiger partial charge on any atom is -0.497 e. The van der Waals surface area contributed by atoms with E-state index in [2.05, 4.69) is 4.90 Å². The molecule has 6 nitrogen and oxygen atoms in total. The van der Waals surface area contributed by atoms with Crippen LogP contribution in [0, 0.1) is 5.92 Å². The van der Waals surface area contributed by atoms with E-state index in [1.165, 1.54) is 0 Å². The molecule has 1 aliphatic rings. The number of aliphatic carboxylic acids is 1. The van der Waals surface area contributed by atoms with Crippen molar-refractivity contribution in [3.05, 3.63) is 47.9 Å². The van der Waals surface area contributed by atoms with Crippen molar-refractivity contribution in [2.75, 3.05) is 27.3 Å². The monoisotopic (exact) mass is 345 g/mol. The third-order valence-corrected chi connectivity index (χ3v) is 4.79. The summed E-state index contributed by atoms with van der Waals surface area (Å²) in [5.41, 5.74) is 0.950. The number of ether oxygens (including phenoxy) is 2. The Morgan fingerprint density at radius 2 is 2.00 bits per heavy atom. The van der Waals surface area contributed by atoms with Crippen molar-refractivity contribution >= 4 is 5.97 Å². The van der Waals surface area contributed by atoms with Gasteiger partial charge in [-0.15, -0.1) is 0 Å². The second kappa shape index (κ2) is 7.61. The molecule has 1 atom stereocenters. The number of rotatable bonds is 6. The van der Waals surface area contributed by atoms with Crippen LogP contribution in [0.5, 0.6) is 11.5 Å². The Hall–Kier alpha value is -2.47. The molecule has 1 aromatic carbocycles. The summed E-state index contributed by atoms with van der Waals surface area (Å²) >= 11 is 0. The molecule has 0 amide bonds. The molecule has 6 heteroatoms. The summed E-state index contributed by atoms with van der Waals surface area (Å²) in [4.78, 5) is 13.5. The number of hydrogen-bond donors (Lipinski definition) is 1. The molecule has 0 bridgehead atoms. The molecule has 0 aliphatic carbocycles. The molecule has 25 heavy (non-hydrogen) atoms. The van der Waals surface area contributed by atoms with Gasteiger partial charge in [-0.05, 0) is 43.2 Å². The van der Waals surface area contributed by atoms with Gasteiger partial charge < -0.3 is 19.0 Å². The Kier molecular flexibility index (Phi) is 5.28. The van der Waals surface area contributed by atoms with Crippen LogP contribution in [0.4, 0.5) is 0 Å². The highest BCUT2D eigenvalue weighted by Gasteiger charge is 2.33. The topological polar surface area (TPSA) is 72.1 Å². The Morgan fingerprint density at radius 3 is 2.56 bits per heavy atom. The zero-order valence-corrected chi connectivity index (χ0v) is 14.5. The molecule has 1 saturated heterocycles. The van der Waals surface area contributed by atoms with Gasteiger partial charge in [-0.25, -0.2) is 0 Å². The van der Waals surface area contributed by atoms with E-state index in [1.54, 1.807) is 20.5 Å². The van der Waals surface area contributed by atoms with Crippen molar-refractivity contribution in [3.8, 4) is 11.5 Å². The number of methoxy groups -OCH3 is 2. The summed E-state index contributed by atoms with van der Waals surface area (Å²) in [6, 6.07) is 9.35. The predicted molar refractivity (Wildman–Crippen MR) is 92.0 cm³/mol. The highest BCUT2D eigenvalue weighted by molar-refractivity contribution is 5.70. The summed E-state index contributed by atoms with van der Waals surface area (Å²) in [7, 11) is 3.27. The first kappa shape index (κ1) is 17.4. The summed E-state index contributed by atoms with van der Waals surface area (Å²) < 4.78 is 16.6. The maximum absolute atomic E-state index is 11.2. The van der Waals surface area contributed by atoms with Crippen molar-refractivity contribution in [1.29, 1.82) is 0 Å². The fourth-order valence-corrected chi connectivity index (χ4v) is 3.43. The number of likely N-dealkylation sites (tertiary alicyclic amines) is 1. The number of nitrogens with zero attached hydrogens (tertiary/aromatic N) is 1. The molecule has 1 unspecified atom stereocenters. The number of carboxylic acid groups (broad SMARTS) is 1. The lowest BCUT2D eigenvalue weighted by Crippen LogP contribution is -2.39. The van der Waals surface area contributed by atoms with Crippen LogP contribution >= 0.6 is 0 Å². The van der Waals surface area contributed by atoms with E-state index in [0.29, 0.717) is 25.9 Å². The molecule has 1 aliphatic heterocycles. The number of piperidine rings is 1. The summed E-state index contributed by atoms with van der Waals surface area (Å²) in [6.07, 6.45) is 2.90. The number of carbonyl (C=O) groups is 1.